The van der Waals surface area contributed by atoms with Gasteiger partial charge in [-0.15, -0.1) is 0 Å². The maximum Gasteiger partial charge on any atom is 0.175 e. The number of para-hydroxylation sites is 2. The highest BCUT2D eigenvalue weighted by atomic mass is 32.1. The SMILES string of the molecule is NC(=S)N(c1ccccc1)c1cccc(N(C(N)=S)c2ccccc2)c1. The topological polar surface area (TPSA) is 58.5 Å². The fourth-order valence-corrected chi connectivity index (χ4v) is 3.15. The Hall–Kier alpha value is -2.96. The molecule has 0 amide bonds. The molecule has 0 heterocycles. The van der Waals surface area contributed by atoms with Crippen LogP contribution in [0.3, 0.4) is 0 Å². The summed E-state index contributed by atoms with van der Waals surface area (Å²) < 4.78 is 0. The molecule has 4 nitrogen and oxygen atoms in total. The molecule has 130 valence electrons. The van der Waals surface area contributed by atoms with Crippen molar-refractivity contribution in [3.8, 4) is 0 Å². The van der Waals surface area contributed by atoms with Gasteiger partial charge in [0, 0.05) is 11.4 Å². The molecule has 0 saturated heterocycles. The van der Waals surface area contributed by atoms with Crippen LogP contribution < -0.4 is 21.3 Å². The summed E-state index contributed by atoms with van der Waals surface area (Å²) in [5.41, 5.74) is 15.4. The Bertz CT molecular complexity index is 841. The summed E-state index contributed by atoms with van der Waals surface area (Å²) in [4.78, 5) is 3.61. The third kappa shape index (κ3) is 3.82. The van der Waals surface area contributed by atoms with Gasteiger partial charge in [0.05, 0.1) is 11.4 Å². The van der Waals surface area contributed by atoms with Crippen LogP contribution in [-0.4, -0.2) is 10.2 Å². The third-order valence-corrected chi connectivity index (χ3v) is 4.18. The van der Waals surface area contributed by atoms with Crippen LogP contribution in [0.1, 0.15) is 0 Å². The number of nitrogens with two attached hydrogens (primary N) is 2. The largest absolute Gasteiger partial charge is 0.376 e. The standard InChI is InChI=1S/C20H18N4S2/c21-19(25)23(15-8-3-1-4-9-15)17-12-7-13-18(14-17)24(20(22)26)16-10-5-2-6-11-16/h1-14H,(H2,21,25)(H2,22,26). The van der Waals surface area contributed by atoms with E-state index in [2.05, 4.69) is 0 Å². The zero-order valence-electron chi connectivity index (χ0n) is 13.9. The van der Waals surface area contributed by atoms with Crippen LogP contribution in [0.2, 0.25) is 0 Å². The molecule has 0 unspecified atom stereocenters. The van der Waals surface area contributed by atoms with E-state index in [0.717, 1.165) is 22.7 Å². The average Bonchev–Trinajstić information content (AvgIpc) is 2.64. The summed E-state index contributed by atoms with van der Waals surface area (Å²) in [5.74, 6) is 0. The first-order valence-corrected chi connectivity index (χ1v) is 8.79. The van der Waals surface area contributed by atoms with Gasteiger partial charge < -0.3 is 11.5 Å². The number of benzene rings is 3. The van der Waals surface area contributed by atoms with Gasteiger partial charge in [0.1, 0.15) is 0 Å². The normalized spacial score (nSPS) is 10.2. The predicted molar refractivity (Wildman–Crippen MR) is 117 cm³/mol. The molecule has 0 atom stereocenters. The quantitative estimate of drug-likeness (QED) is 0.654. The van der Waals surface area contributed by atoms with Crippen LogP contribution in [0.25, 0.3) is 0 Å². The molecule has 0 fully saturated rings. The van der Waals surface area contributed by atoms with Crippen molar-refractivity contribution in [1.29, 1.82) is 0 Å². The van der Waals surface area contributed by atoms with Crippen molar-refractivity contribution in [2.75, 3.05) is 9.80 Å². The van der Waals surface area contributed by atoms with E-state index < -0.39 is 0 Å². The van der Waals surface area contributed by atoms with E-state index in [1.807, 2.05) is 94.7 Å². The highest BCUT2D eigenvalue weighted by Crippen LogP contribution is 2.31. The molecular weight excluding hydrogens is 360 g/mol. The minimum Gasteiger partial charge on any atom is -0.376 e. The van der Waals surface area contributed by atoms with E-state index in [4.69, 9.17) is 35.9 Å². The average molecular weight is 379 g/mol. The predicted octanol–water partition coefficient (Wildman–Crippen LogP) is 4.45. The first kappa shape index (κ1) is 17.8. The summed E-state index contributed by atoms with van der Waals surface area (Å²) in [6.07, 6.45) is 0. The highest BCUT2D eigenvalue weighted by Gasteiger charge is 2.16. The van der Waals surface area contributed by atoms with Crippen molar-refractivity contribution in [2.45, 2.75) is 0 Å². The summed E-state index contributed by atoms with van der Waals surface area (Å²) in [6, 6.07) is 27.2. The lowest BCUT2D eigenvalue weighted by Gasteiger charge is -2.27. The fraction of sp³-hybridized carbons (Fsp3) is 0. The van der Waals surface area contributed by atoms with Gasteiger partial charge in [-0.3, -0.25) is 9.80 Å². The lowest BCUT2D eigenvalue weighted by Crippen LogP contribution is -2.33. The van der Waals surface area contributed by atoms with Crippen LogP contribution in [-0.2, 0) is 0 Å². The molecule has 0 aliphatic heterocycles. The van der Waals surface area contributed by atoms with Crippen LogP contribution in [0.5, 0.6) is 0 Å². The second-order valence-electron chi connectivity index (χ2n) is 5.54. The summed E-state index contributed by atoms with van der Waals surface area (Å²) in [7, 11) is 0. The molecular formula is C20H18N4S2. The second kappa shape index (κ2) is 7.95. The molecule has 0 radical (unpaired) electrons. The lowest BCUT2D eigenvalue weighted by atomic mass is 10.2. The minimum absolute atomic E-state index is 0.259. The van der Waals surface area contributed by atoms with E-state index in [-0.39, 0.29) is 10.2 Å². The van der Waals surface area contributed by atoms with E-state index in [9.17, 15) is 0 Å². The van der Waals surface area contributed by atoms with Gasteiger partial charge in [0.2, 0.25) is 0 Å². The highest BCUT2D eigenvalue weighted by molar-refractivity contribution is 7.80. The fourth-order valence-electron chi connectivity index (χ4n) is 2.73. The van der Waals surface area contributed by atoms with Crippen molar-refractivity contribution in [2.24, 2.45) is 11.5 Å². The Morgan fingerprint density at radius 1 is 0.538 bits per heavy atom. The van der Waals surface area contributed by atoms with E-state index in [1.54, 1.807) is 0 Å². The Labute approximate surface area is 163 Å². The van der Waals surface area contributed by atoms with Crippen LogP contribution in [0.15, 0.2) is 84.9 Å². The molecule has 26 heavy (non-hydrogen) atoms. The van der Waals surface area contributed by atoms with Crippen molar-refractivity contribution in [3.63, 3.8) is 0 Å². The van der Waals surface area contributed by atoms with Gasteiger partial charge in [0.15, 0.2) is 10.2 Å². The zero-order valence-corrected chi connectivity index (χ0v) is 15.6. The van der Waals surface area contributed by atoms with Crippen LogP contribution >= 0.6 is 24.4 Å². The Balaban J connectivity index is 2.06. The van der Waals surface area contributed by atoms with E-state index in [0.29, 0.717) is 0 Å². The Kier molecular flexibility index (Phi) is 5.46. The van der Waals surface area contributed by atoms with Gasteiger partial charge in [-0.05, 0) is 66.9 Å². The number of nitrogens with zero attached hydrogens (tertiary/aromatic N) is 2. The maximum absolute atomic E-state index is 5.99. The molecule has 3 aromatic carbocycles. The molecule has 0 saturated carbocycles. The van der Waals surface area contributed by atoms with Gasteiger partial charge in [-0.25, -0.2) is 0 Å². The molecule has 0 spiro atoms. The third-order valence-electron chi connectivity index (χ3n) is 3.82. The van der Waals surface area contributed by atoms with Crippen molar-refractivity contribution in [1.82, 2.24) is 0 Å². The molecule has 0 bridgehead atoms. The number of anilines is 4. The molecule has 0 aliphatic carbocycles. The summed E-state index contributed by atoms with van der Waals surface area (Å²) in [6.45, 7) is 0. The van der Waals surface area contributed by atoms with Crippen molar-refractivity contribution in [3.05, 3.63) is 84.9 Å². The monoisotopic (exact) mass is 378 g/mol. The van der Waals surface area contributed by atoms with Gasteiger partial charge >= 0.3 is 0 Å². The second-order valence-corrected chi connectivity index (χ2v) is 6.37. The lowest BCUT2D eigenvalue weighted by molar-refractivity contribution is 1.30. The van der Waals surface area contributed by atoms with Crippen LogP contribution in [0, 0.1) is 0 Å². The smallest absolute Gasteiger partial charge is 0.175 e. The Morgan fingerprint density at radius 2 is 0.885 bits per heavy atom. The summed E-state index contributed by atoms with van der Waals surface area (Å²) in [5, 5.41) is 0.518. The molecule has 0 aromatic heterocycles. The number of hydrogen-bond acceptors (Lipinski definition) is 2. The zero-order chi connectivity index (χ0) is 18.5. The van der Waals surface area contributed by atoms with Gasteiger partial charge in [-0.1, -0.05) is 42.5 Å². The first-order chi connectivity index (χ1) is 12.6. The van der Waals surface area contributed by atoms with Crippen molar-refractivity contribution < 1.29 is 0 Å². The molecule has 6 heteroatoms. The van der Waals surface area contributed by atoms with Gasteiger partial charge in [-0.2, -0.15) is 0 Å². The Morgan fingerprint density at radius 3 is 1.23 bits per heavy atom. The molecule has 0 aliphatic rings. The maximum atomic E-state index is 5.99. The number of hydrogen-bond donors (Lipinski definition) is 2. The number of rotatable bonds is 4. The van der Waals surface area contributed by atoms with E-state index >= 15 is 0 Å². The molecule has 3 rings (SSSR count). The van der Waals surface area contributed by atoms with Gasteiger partial charge in [0.25, 0.3) is 0 Å². The number of thiocarbonyl (C=S) groups is 2. The van der Waals surface area contributed by atoms with E-state index in [1.165, 1.54) is 0 Å². The summed E-state index contributed by atoms with van der Waals surface area (Å²) >= 11 is 10.5. The van der Waals surface area contributed by atoms with Crippen LogP contribution in [0.4, 0.5) is 22.7 Å². The first-order valence-electron chi connectivity index (χ1n) is 7.97. The van der Waals surface area contributed by atoms with Crippen molar-refractivity contribution >= 4 is 57.4 Å². The minimum atomic E-state index is 0.259. The molecule has 4 N–H and O–H groups in total. The molecule has 3 aromatic rings.